The van der Waals surface area contributed by atoms with E-state index in [-0.39, 0.29) is 11.7 Å². The highest BCUT2D eigenvalue weighted by molar-refractivity contribution is 6.08. The molecule has 1 aromatic heterocycles. The van der Waals surface area contributed by atoms with Crippen molar-refractivity contribution in [1.82, 2.24) is 5.16 Å². The first-order chi connectivity index (χ1) is 13.2. The van der Waals surface area contributed by atoms with Crippen LogP contribution in [0.3, 0.4) is 0 Å². The van der Waals surface area contributed by atoms with Gasteiger partial charge in [0.05, 0.1) is 12.5 Å². The first-order valence-electron chi connectivity index (χ1n) is 8.60. The third-order valence-corrected chi connectivity index (χ3v) is 3.70. The third-order valence-electron chi connectivity index (χ3n) is 3.70. The summed E-state index contributed by atoms with van der Waals surface area (Å²) >= 11 is 0. The van der Waals surface area contributed by atoms with Crippen LogP contribution in [0.4, 0.5) is 16.3 Å². The van der Waals surface area contributed by atoms with Gasteiger partial charge in [-0.05, 0) is 63.2 Å². The van der Waals surface area contributed by atoms with Crippen molar-refractivity contribution < 1.29 is 23.6 Å². The van der Waals surface area contributed by atoms with E-state index in [0.29, 0.717) is 28.0 Å². The standard InChI is InChI=1S/C20H21N3O5/c1-20(2,3)27-19(25)21-13-7-10-16-15(11-13)17(23-28-16)22-18(24)12-5-8-14(26-4)9-6-12/h5-11H,1-4H3,(H,21,25)(H,22,23,24). The number of rotatable bonds is 4. The van der Waals surface area contributed by atoms with Gasteiger partial charge in [0.25, 0.3) is 5.91 Å². The Balaban J connectivity index is 1.78. The molecular weight excluding hydrogens is 362 g/mol. The van der Waals surface area contributed by atoms with Gasteiger partial charge in [0.2, 0.25) is 0 Å². The van der Waals surface area contributed by atoms with Crippen LogP contribution in [0.2, 0.25) is 0 Å². The number of carbonyl (C=O) groups excluding carboxylic acids is 2. The number of anilines is 2. The lowest BCUT2D eigenvalue weighted by Gasteiger charge is -2.19. The summed E-state index contributed by atoms with van der Waals surface area (Å²) in [5, 5.41) is 9.81. The average Bonchev–Trinajstić information content (AvgIpc) is 3.02. The molecule has 1 heterocycles. The number of methoxy groups -OCH3 is 1. The largest absolute Gasteiger partial charge is 0.497 e. The van der Waals surface area contributed by atoms with Crippen molar-refractivity contribution in [2.45, 2.75) is 26.4 Å². The normalized spacial score (nSPS) is 11.1. The van der Waals surface area contributed by atoms with E-state index in [2.05, 4.69) is 15.8 Å². The number of aromatic nitrogens is 1. The van der Waals surface area contributed by atoms with Crippen LogP contribution in [0, 0.1) is 0 Å². The Kier molecular flexibility index (Phi) is 5.21. The first-order valence-corrected chi connectivity index (χ1v) is 8.60. The molecule has 8 heteroatoms. The number of nitrogens with one attached hydrogen (secondary N) is 2. The van der Waals surface area contributed by atoms with Gasteiger partial charge in [0.15, 0.2) is 11.4 Å². The average molecular weight is 383 g/mol. The molecule has 3 aromatic rings. The smallest absolute Gasteiger partial charge is 0.412 e. The highest BCUT2D eigenvalue weighted by Gasteiger charge is 2.18. The van der Waals surface area contributed by atoms with E-state index in [9.17, 15) is 9.59 Å². The fourth-order valence-electron chi connectivity index (χ4n) is 2.45. The Hall–Kier alpha value is -3.55. The lowest BCUT2D eigenvalue weighted by molar-refractivity contribution is 0.0635. The number of benzene rings is 2. The minimum atomic E-state index is -0.608. The SMILES string of the molecule is COc1ccc(C(=O)Nc2noc3ccc(NC(=O)OC(C)(C)C)cc23)cc1. The van der Waals surface area contributed by atoms with E-state index in [1.807, 2.05) is 0 Å². The Bertz CT molecular complexity index is 1000. The first kappa shape index (κ1) is 19.2. The molecule has 0 bridgehead atoms. The number of fused-ring (bicyclic) bond motifs is 1. The Morgan fingerprint density at radius 1 is 1.04 bits per heavy atom. The molecule has 0 aliphatic carbocycles. The van der Waals surface area contributed by atoms with Crippen LogP contribution in [0.5, 0.6) is 5.75 Å². The van der Waals surface area contributed by atoms with Crippen molar-refractivity contribution in [2.24, 2.45) is 0 Å². The van der Waals surface area contributed by atoms with Crippen LogP contribution in [0.15, 0.2) is 47.0 Å². The van der Waals surface area contributed by atoms with Crippen LogP contribution in [-0.2, 0) is 4.74 Å². The van der Waals surface area contributed by atoms with Gasteiger partial charge in [0, 0.05) is 11.3 Å². The molecule has 28 heavy (non-hydrogen) atoms. The highest BCUT2D eigenvalue weighted by Crippen LogP contribution is 2.27. The fraction of sp³-hybridized carbons (Fsp3) is 0.250. The zero-order valence-corrected chi connectivity index (χ0v) is 16.0. The van der Waals surface area contributed by atoms with Crippen molar-refractivity contribution in [2.75, 3.05) is 17.7 Å². The highest BCUT2D eigenvalue weighted by atomic mass is 16.6. The van der Waals surface area contributed by atoms with Crippen LogP contribution >= 0.6 is 0 Å². The van der Waals surface area contributed by atoms with E-state index in [0.717, 1.165) is 0 Å². The van der Waals surface area contributed by atoms with Crippen molar-refractivity contribution in [3.63, 3.8) is 0 Å². The molecule has 0 saturated carbocycles. The number of amides is 2. The van der Waals surface area contributed by atoms with Gasteiger partial charge in [-0.15, -0.1) is 0 Å². The van der Waals surface area contributed by atoms with E-state index in [4.69, 9.17) is 14.0 Å². The van der Waals surface area contributed by atoms with Gasteiger partial charge in [-0.1, -0.05) is 5.16 Å². The second-order valence-electron chi connectivity index (χ2n) is 7.05. The molecule has 2 amide bonds. The second kappa shape index (κ2) is 7.59. The predicted octanol–water partition coefficient (Wildman–Crippen LogP) is 4.44. The van der Waals surface area contributed by atoms with Crippen LogP contribution in [0.25, 0.3) is 11.0 Å². The predicted molar refractivity (Wildman–Crippen MR) is 105 cm³/mol. The van der Waals surface area contributed by atoms with E-state index in [1.165, 1.54) is 0 Å². The monoisotopic (exact) mass is 383 g/mol. The van der Waals surface area contributed by atoms with Gasteiger partial charge < -0.3 is 19.3 Å². The zero-order chi connectivity index (χ0) is 20.3. The quantitative estimate of drug-likeness (QED) is 0.691. The second-order valence-corrected chi connectivity index (χ2v) is 7.05. The van der Waals surface area contributed by atoms with Crippen molar-refractivity contribution >= 4 is 34.5 Å². The Labute approximate surface area is 161 Å². The molecule has 0 aliphatic rings. The fourth-order valence-corrected chi connectivity index (χ4v) is 2.45. The van der Waals surface area contributed by atoms with Gasteiger partial charge >= 0.3 is 6.09 Å². The maximum absolute atomic E-state index is 12.5. The van der Waals surface area contributed by atoms with E-state index in [1.54, 1.807) is 70.3 Å². The maximum Gasteiger partial charge on any atom is 0.412 e. The molecule has 2 N–H and O–H groups in total. The number of ether oxygens (including phenoxy) is 2. The summed E-state index contributed by atoms with van der Waals surface area (Å²) in [6.45, 7) is 5.34. The van der Waals surface area contributed by atoms with Crippen molar-refractivity contribution in [3.05, 3.63) is 48.0 Å². The van der Waals surface area contributed by atoms with E-state index < -0.39 is 11.7 Å². The summed E-state index contributed by atoms with van der Waals surface area (Å²) in [5.41, 5.74) is 0.799. The molecule has 0 atom stereocenters. The number of carbonyl (C=O) groups is 2. The Morgan fingerprint density at radius 3 is 2.39 bits per heavy atom. The van der Waals surface area contributed by atoms with Crippen LogP contribution in [0.1, 0.15) is 31.1 Å². The molecular formula is C20H21N3O5. The minimum Gasteiger partial charge on any atom is -0.497 e. The van der Waals surface area contributed by atoms with E-state index >= 15 is 0 Å². The van der Waals surface area contributed by atoms with Crippen molar-refractivity contribution in [1.29, 1.82) is 0 Å². The molecule has 0 radical (unpaired) electrons. The molecule has 0 spiro atoms. The van der Waals surface area contributed by atoms with Crippen molar-refractivity contribution in [3.8, 4) is 5.75 Å². The van der Waals surface area contributed by atoms with Gasteiger partial charge in [-0.2, -0.15) is 0 Å². The lowest BCUT2D eigenvalue weighted by atomic mass is 10.2. The third kappa shape index (κ3) is 4.59. The molecule has 0 fully saturated rings. The summed E-state index contributed by atoms with van der Waals surface area (Å²) in [6.07, 6.45) is -0.577. The topological polar surface area (TPSA) is 103 Å². The molecule has 8 nitrogen and oxygen atoms in total. The zero-order valence-electron chi connectivity index (χ0n) is 16.0. The molecule has 146 valence electrons. The van der Waals surface area contributed by atoms with Crippen LogP contribution < -0.4 is 15.4 Å². The summed E-state index contributed by atoms with van der Waals surface area (Å²) in [7, 11) is 1.56. The maximum atomic E-state index is 12.5. The number of hydrogen-bond acceptors (Lipinski definition) is 6. The number of nitrogens with zero attached hydrogens (tertiary/aromatic N) is 1. The summed E-state index contributed by atoms with van der Waals surface area (Å²) < 4.78 is 15.6. The van der Waals surface area contributed by atoms with Crippen LogP contribution in [-0.4, -0.2) is 29.9 Å². The molecule has 3 rings (SSSR count). The molecule has 2 aromatic carbocycles. The van der Waals surface area contributed by atoms with Gasteiger partial charge in [-0.25, -0.2) is 4.79 Å². The molecule has 0 aliphatic heterocycles. The summed E-state index contributed by atoms with van der Waals surface area (Å²) in [6, 6.07) is 11.6. The summed E-state index contributed by atoms with van der Waals surface area (Å²) in [4.78, 5) is 24.4. The molecule has 0 saturated heterocycles. The minimum absolute atomic E-state index is 0.253. The van der Waals surface area contributed by atoms with Gasteiger partial charge in [0.1, 0.15) is 11.4 Å². The number of hydrogen-bond donors (Lipinski definition) is 2. The summed E-state index contributed by atoms with van der Waals surface area (Å²) in [5.74, 6) is 0.563. The van der Waals surface area contributed by atoms with Gasteiger partial charge in [-0.3, -0.25) is 10.1 Å². The Morgan fingerprint density at radius 2 is 1.75 bits per heavy atom. The lowest BCUT2D eigenvalue weighted by Crippen LogP contribution is -2.27. The molecule has 0 unspecified atom stereocenters.